The number of anilines is 2. The van der Waals surface area contributed by atoms with E-state index in [1.54, 1.807) is 83.5 Å². The van der Waals surface area contributed by atoms with Crippen LogP contribution in [0.15, 0.2) is 115 Å². The molecule has 0 N–H and O–H groups in total. The van der Waals surface area contributed by atoms with Crippen LogP contribution in [0.1, 0.15) is 74.1 Å². The molecule has 0 bridgehead atoms. The fourth-order valence-electron chi connectivity index (χ4n) is 8.24. The lowest BCUT2D eigenvalue weighted by Crippen LogP contribution is -2.54. The molecule has 6 amide bonds. The maximum absolute atomic E-state index is 14.6. The summed E-state index contributed by atoms with van der Waals surface area (Å²) in [6, 6.07) is 31.0. The van der Waals surface area contributed by atoms with E-state index < -0.39 is 60.6 Å². The number of fused-ring (bicyclic) bond motifs is 2. The van der Waals surface area contributed by atoms with E-state index in [9.17, 15) is 28.8 Å². The zero-order valence-electron chi connectivity index (χ0n) is 30.0. The van der Waals surface area contributed by atoms with Gasteiger partial charge in [-0.2, -0.15) is 0 Å². The van der Waals surface area contributed by atoms with Crippen molar-refractivity contribution in [1.29, 1.82) is 0 Å². The van der Waals surface area contributed by atoms with E-state index in [0.717, 1.165) is 20.7 Å². The maximum atomic E-state index is 14.6. The van der Waals surface area contributed by atoms with Crippen LogP contribution in [0.2, 0.25) is 0 Å². The molecule has 5 aromatic carbocycles. The summed E-state index contributed by atoms with van der Waals surface area (Å²) < 4.78 is 0. The zero-order chi connectivity index (χ0) is 37.8. The van der Waals surface area contributed by atoms with Gasteiger partial charge in [-0.05, 0) is 80.1 Å². The number of aryl methyl sites for hydroxylation is 1. The summed E-state index contributed by atoms with van der Waals surface area (Å²) in [6.07, 6.45) is 1.96. The first-order chi connectivity index (χ1) is 26.1. The molecule has 10 nitrogen and oxygen atoms in total. The first-order valence-corrected chi connectivity index (χ1v) is 17.9. The van der Waals surface area contributed by atoms with Crippen molar-refractivity contribution >= 4 is 63.2 Å². The predicted octanol–water partition coefficient (Wildman–Crippen LogP) is 6.73. The van der Waals surface area contributed by atoms with Crippen LogP contribution in [0.25, 0.3) is 16.3 Å². The number of benzene rings is 5. The van der Waals surface area contributed by atoms with E-state index in [0.29, 0.717) is 50.2 Å². The van der Waals surface area contributed by atoms with Gasteiger partial charge in [0.2, 0.25) is 11.8 Å². The van der Waals surface area contributed by atoms with Crippen LogP contribution in [-0.2, 0) is 14.4 Å². The largest absolute Gasteiger partial charge is 0.308 e. The fourth-order valence-corrected chi connectivity index (χ4v) is 8.24. The Morgan fingerprint density at radius 1 is 0.704 bits per heavy atom. The Morgan fingerprint density at radius 3 is 1.98 bits per heavy atom. The average molecular weight is 717 g/mol. The summed E-state index contributed by atoms with van der Waals surface area (Å²) in [5.74, 6) is -3.07. The van der Waals surface area contributed by atoms with Crippen LogP contribution < -0.4 is 9.80 Å². The van der Waals surface area contributed by atoms with Crippen molar-refractivity contribution < 1.29 is 28.8 Å². The van der Waals surface area contributed by atoms with E-state index >= 15 is 0 Å². The number of imide groups is 2. The quantitative estimate of drug-likeness (QED) is 0.142. The third-order valence-corrected chi connectivity index (χ3v) is 10.7. The standard InChI is InChI=1S/C44H36N4O6/c1-4-30-39-26(2)13-10-19-32(39)42(52)45(41(30)51)24-37(49)47-27(3)23-36(31-18-8-9-22-35(31)47)48(29-16-6-5-7-17-29)38(50)25-46-43(53)33-20-11-14-28-15-12-21-34(40(28)33)44(46)54/h4-22,27,36H,23-25H2,1-3H3/b30-4+. The van der Waals surface area contributed by atoms with Crippen molar-refractivity contribution in [2.45, 2.75) is 39.3 Å². The van der Waals surface area contributed by atoms with Gasteiger partial charge in [0.05, 0.1) is 6.04 Å². The average Bonchev–Trinajstić information content (AvgIpc) is 3.18. The molecule has 3 heterocycles. The fraction of sp³-hybridized carbons (Fsp3) is 0.182. The van der Waals surface area contributed by atoms with Crippen molar-refractivity contribution in [2.75, 3.05) is 22.9 Å². The lowest BCUT2D eigenvalue weighted by atomic mass is 9.88. The van der Waals surface area contributed by atoms with Crippen molar-refractivity contribution in [2.24, 2.45) is 0 Å². The summed E-state index contributed by atoms with van der Waals surface area (Å²) >= 11 is 0. The van der Waals surface area contributed by atoms with Gasteiger partial charge in [0.25, 0.3) is 23.6 Å². The van der Waals surface area contributed by atoms with Crippen molar-refractivity contribution in [3.05, 3.63) is 149 Å². The number of carbonyl (C=O) groups is 6. The number of hydrogen-bond donors (Lipinski definition) is 0. The topological polar surface area (TPSA) is 115 Å². The van der Waals surface area contributed by atoms with E-state index in [2.05, 4.69) is 0 Å². The second-order valence-electron chi connectivity index (χ2n) is 13.8. The van der Waals surface area contributed by atoms with Crippen LogP contribution >= 0.6 is 0 Å². The molecule has 10 heteroatoms. The molecule has 3 aliphatic rings. The van der Waals surface area contributed by atoms with E-state index in [1.165, 1.54) is 0 Å². The third kappa shape index (κ3) is 5.41. The smallest absolute Gasteiger partial charge is 0.261 e. The van der Waals surface area contributed by atoms with Crippen LogP contribution in [0.5, 0.6) is 0 Å². The third-order valence-electron chi connectivity index (χ3n) is 10.7. The van der Waals surface area contributed by atoms with Gasteiger partial charge < -0.3 is 9.80 Å². The molecule has 0 saturated carbocycles. The van der Waals surface area contributed by atoms with Crippen LogP contribution in [0.3, 0.4) is 0 Å². The highest BCUT2D eigenvalue weighted by molar-refractivity contribution is 6.32. The Kier molecular flexibility index (Phi) is 8.53. The van der Waals surface area contributed by atoms with Gasteiger partial charge in [-0.15, -0.1) is 0 Å². The van der Waals surface area contributed by atoms with Gasteiger partial charge in [-0.3, -0.25) is 38.6 Å². The minimum atomic E-state index is -0.594. The zero-order valence-corrected chi connectivity index (χ0v) is 30.0. The predicted molar refractivity (Wildman–Crippen MR) is 205 cm³/mol. The second kappa shape index (κ2) is 13.4. The summed E-state index contributed by atoms with van der Waals surface area (Å²) in [4.78, 5) is 89.2. The minimum absolute atomic E-state index is 0.289. The normalized spacial score (nSPS) is 18.6. The van der Waals surface area contributed by atoms with E-state index in [-0.39, 0.29) is 6.42 Å². The number of carbonyl (C=O) groups excluding carboxylic acids is 6. The van der Waals surface area contributed by atoms with Crippen molar-refractivity contribution in [3.63, 3.8) is 0 Å². The molecule has 0 aliphatic carbocycles. The van der Waals surface area contributed by atoms with Gasteiger partial charge >= 0.3 is 0 Å². The molecular formula is C44H36N4O6. The molecule has 0 fully saturated rings. The first-order valence-electron chi connectivity index (χ1n) is 17.9. The number of rotatable bonds is 6. The Bertz CT molecular complexity index is 2420. The number of nitrogens with zero attached hydrogens (tertiary/aromatic N) is 4. The highest BCUT2D eigenvalue weighted by Crippen LogP contribution is 2.43. The highest BCUT2D eigenvalue weighted by Gasteiger charge is 2.43. The molecule has 0 radical (unpaired) electrons. The van der Waals surface area contributed by atoms with Gasteiger partial charge in [0.1, 0.15) is 13.1 Å². The van der Waals surface area contributed by atoms with Gasteiger partial charge in [-0.25, -0.2) is 0 Å². The molecule has 0 aromatic heterocycles. The molecule has 0 spiro atoms. The molecule has 0 saturated heterocycles. The molecule has 8 rings (SSSR count). The lowest BCUT2D eigenvalue weighted by molar-refractivity contribution is -0.128. The Hall–Kier alpha value is -6.68. The van der Waals surface area contributed by atoms with Crippen LogP contribution in [0, 0.1) is 6.92 Å². The summed E-state index contributed by atoms with van der Waals surface area (Å²) in [5, 5.41) is 1.35. The molecule has 3 aliphatic heterocycles. The van der Waals surface area contributed by atoms with Crippen LogP contribution in [-0.4, -0.2) is 64.4 Å². The number of para-hydroxylation sites is 2. The first kappa shape index (κ1) is 34.4. The number of allylic oxidation sites excluding steroid dienone is 1. The summed E-state index contributed by atoms with van der Waals surface area (Å²) in [7, 11) is 0. The molecule has 5 aromatic rings. The summed E-state index contributed by atoms with van der Waals surface area (Å²) in [6.45, 7) is 4.47. The molecule has 268 valence electrons. The number of hydrogen-bond acceptors (Lipinski definition) is 6. The van der Waals surface area contributed by atoms with E-state index in [4.69, 9.17) is 0 Å². The summed E-state index contributed by atoms with van der Waals surface area (Å²) in [5.41, 5.74) is 4.59. The van der Waals surface area contributed by atoms with Gasteiger partial charge in [0.15, 0.2) is 0 Å². The Balaban J connectivity index is 1.12. The Labute approximate surface area is 311 Å². The highest BCUT2D eigenvalue weighted by atomic mass is 16.2. The van der Waals surface area contributed by atoms with Crippen molar-refractivity contribution in [1.82, 2.24) is 9.80 Å². The van der Waals surface area contributed by atoms with Crippen LogP contribution in [0.4, 0.5) is 11.4 Å². The molecular weight excluding hydrogens is 681 g/mol. The second-order valence-corrected chi connectivity index (χ2v) is 13.8. The van der Waals surface area contributed by atoms with Gasteiger partial charge in [0, 0.05) is 50.6 Å². The van der Waals surface area contributed by atoms with Gasteiger partial charge in [-0.1, -0.05) is 78.9 Å². The Morgan fingerprint density at radius 2 is 1.30 bits per heavy atom. The lowest BCUT2D eigenvalue weighted by Gasteiger charge is -2.44. The van der Waals surface area contributed by atoms with Crippen molar-refractivity contribution in [3.8, 4) is 0 Å². The van der Waals surface area contributed by atoms with E-state index in [1.807, 2.05) is 62.4 Å². The SMILES string of the molecule is C/C=C1/C(=O)N(CC(=O)N2c3ccccc3C(N(C(=O)CN3C(=O)c4cccc5cccc(c45)C3=O)c3ccccc3)CC2C)C(=O)c2cccc(C)c21. The minimum Gasteiger partial charge on any atom is -0.308 e. The molecule has 2 unspecified atom stereocenters. The maximum Gasteiger partial charge on any atom is 0.261 e. The number of amides is 6. The molecule has 54 heavy (non-hydrogen) atoms. The molecule has 2 atom stereocenters. The monoisotopic (exact) mass is 716 g/mol.